The molecule has 1 atom stereocenters. The van der Waals surface area contributed by atoms with Gasteiger partial charge in [0.2, 0.25) is 0 Å². The highest BCUT2D eigenvalue weighted by molar-refractivity contribution is 5.38. The first-order chi connectivity index (χ1) is 9.25. The van der Waals surface area contributed by atoms with Gasteiger partial charge in [0.25, 0.3) is 0 Å². The Morgan fingerprint density at radius 1 is 1.05 bits per heavy atom. The summed E-state index contributed by atoms with van der Waals surface area (Å²) in [5.41, 5.74) is 2.82. The fourth-order valence-electron chi connectivity index (χ4n) is 3.94. The summed E-state index contributed by atoms with van der Waals surface area (Å²) < 4.78 is 0. The standard InChI is InChI=1S/C17H25NO/c1-18(14-7-3-2-4-8-14)17-9-5-6-13-12-15(19)10-11-16(13)17/h10-12,14,17,19H,2-9H2,1H3. The molecule has 0 amide bonds. The number of fused-ring (bicyclic) bond motifs is 1. The second-order valence-electron chi connectivity index (χ2n) is 6.25. The lowest BCUT2D eigenvalue weighted by Gasteiger charge is -2.40. The molecule has 1 aromatic rings. The first-order valence-electron chi connectivity index (χ1n) is 7.79. The lowest BCUT2D eigenvalue weighted by molar-refractivity contribution is 0.125. The maximum atomic E-state index is 9.65. The molecule has 0 aliphatic heterocycles. The topological polar surface area (TPSA) is 23.5 Å². The highest BCUT2D eigenvalue weighted by Gasteiger charge is 2.29. The Morgan fingerprint density at radius 3 is 2.63 bits per heavy atom. The van der Waals surface area contributed by atoms with E-state index in [4.69, 9.17) is 0 Å². The van der Waals surface area contributed by atoms with Crippen LogP contribution in [-0.4, -0.2) is 23.1 Å². The number of aryl methyl sites for hydroxylation is 1. The van der Waals surface area contributed by atoms with Gasteiger partial charge < -0.3 is 5.11 Å². The lowest BCUT2D eigenvalue weighted by Crippen LogP contribution is -2.37. The highest BCUT2D eigenvalue weighted by Crippen LogP contribution is 2.38. The Bertz CT molecular complexity index is 437. The third-order valence-electron chi connectivity index (χ3n) is 5.05. The van der Waals surface area contributed by atoms with E-state index in [2.05, 4.69) is 18.0 Å². The van der Waals surface area contributed by atoms with Crippen LogP contribution in [0.2, 0.25) is 0 Å². The van der Waals surface area contributed by atoms with Crippen LogP contribution in [0, 0.1) is 0 Å². The number of benzene rings is 1. The Hall–Kier alpha value is -1.02. The maximum Gasteiger partial charge on any atom is 0.115 e. The summed E-state index contributed by atoms with van der Waals surface area (Å²) in [6.45, 7) is 0. The van der Waals surface area contributed by atoms with E-state index in [0.717, 1.165) is 12.5 Å². The molecule has 2 aliphatic carbocycles. The molecule has 1 unspecified atom stereocenters. The number of hydrogen-bond donors (Lipinski definition) is 1. The second kappa shape index (κ2) is 5.54. The minimum Gasteiger partial charge on any atom is -0.508 e. The summed E-state index contributed by atoms with van der Waals surface area (Å²) in [6, 6.07) is 7.29. The molecule has 1 fully saturated rings. The monoisotopic (exact) mass is 259 g/mol. The normalized spacial score (nSPS) is 24.4. The molecule has 0 heterocycles. The van der Waals surface area contributed by atoms with Crippen molar-refractivity contribution in [3.63, 3.8) is 0 Å². The van der Waals surface area contributed by atoms with E-state index in [1.807, 2.05) is 12.1 Å². The van der Waals surface area contributed by atoms with Crippen LogP contribution in [0.1, 0.15) is 62.1 Å². The number of rotatable bonds is 2. The summed E-state index contributed by atoms with van der Waals surface area (Å²) in [6.07, 6.45) is 10.6. The Morgan fingerprint density at radius 2 is 1.84 bits per heavy atom. The van der Waals surface area contributed by atoms with Gasteiger partial charge >= 0.3 is 0 Å². The molecule has 2 aliphatic rings. The molecule has 1 saturated carbocycles. The van der Waals surface area contributed by atoms with Gasteiger partial charge in [-0.2, -0.15) is 0 Å². The fourth-order valence-corrected chi connectivity index (χ4v) is 3.94. The van der Waals surface area contributed by atoms with E-state index in [1.54, 1.807) is 0 Å². The van der Waals surface area contributed by atoms with Crippen molar-refractivity contribution in [1.29, 1.82) is 0 Å². The van der Waals surface area contributed by atoms with Crippen LogP contribution in [0.3, 0.4) is 0 Å². The van der Waals surface area contributed by atoms with E-state index >= 15 is 0 Å². The molecule has 2 heteroatoms. The van der Waals surface area contributed by atoms with Gasteiger partial charge in [0.05, 0.1) is 0 Å². The second-order valence-corrected chi connectivity index (χ2v) is 6.25. The zero-order valence-corrected chi connectivity index (χ0v) is 11.9. The van der Waals surface area contributed by atoms with E-state index < -0.39 is 0 Å². The Kier molecular flexibility index (Phi) is 3.79. The highest BCUT2D eigenvalue weighted by atomic mass is 16.3. The van der Waals surface area contributed by atoms with Crippen LogP contribution in [-0.2, 0) is 6.42 Å². The van der Waals surface area contributed by atoms with Crippen molar-refractivity contribution in [2.24, 2.45) is 0 Å². The lowest BCUT2D eigenvalue weighted by atomic mass is 9.84. The average molecular weight is 259 g/mol. The molecular formula is C17H25NO. The zero-order chi connectivity index (χ0) is 13.2. The zero-order valence-electron chi connectivity index (χ0n) is 11.9. The SMILES string of the molecule is CN(C1CCCCC1)C1CCCc2cc(O)ccc21. The number of phenolic OH excluding ortho intramolecular Hbond substituents is 1. The molecule has 0 bridgehead atoms. The quantitative estimate of drug-likeness (QED) is 0.866. The molecule has 1 aromatic carbocycles. The molecule has 1 N–H and O–H groups in total. The Labute approximate surface area is 116 Å². The van der Waals surface area contributed by atoms with E-state index in [-0.39, 0.29) is 0 Å². The molecule has 2 nitrogen and oxygen atoms in total. The molecule has 3 rings (SSSR count). The molecule has 104 valence electrons. The van der Waals surface area contributed by atoms with Gasteiger partial charge in [0.15, 0.2) is 0 Å². The molecule has 0 radical (unpaired) electrons. The summed E-state index contributed by atoms with van der Waals surface area (Å²) in [7, 11) is 2.31. The summed E-state index contributed by atoms with van der Waals surface area (Å²) in [4.78, 5) is 2.62. The van der Waals surface area contributed by atoms with Crippen molar-refractivity contribution in [3.05, 3.63) is 29.3 Å². The number of phenols is 1. The van der Waals surface area contributed by atoms with Crippen LogP contribution < -0.4 is 0 Å². The molecular weight excluding hydrogens is 234 g/mol. The van der Waals surface area contributed by atoms with E-state index in [1.165, 1.54) is 56.1 Å². The van der Waals surface area contributed by atoms with Gasteiger partial charge in [-0.1, -0.05) is 25.3 Å². The summed E-state index contributed by atoms with van der Waals surface area (Å²) in [5, 5.41) is 9.65. The van der Waals surface area contributed by atoms with Crippen LogP contribution in [0.15, 0.2) is 18.2 Å². The summed E-state index contributed by atoms with van der Waals surface area (Å²) in [5.74, 6) is 0.416. The van der Waals surface area contributed by atoms with Crippen molar-refractivity contribution in [3.8, 4) is 5.75 Å². The predicted molar refractivity (Wildman–Crippen MR) is 78.4 cm³/mol. The van der Waals surface area contributed by atoms with Crippen molar-refractivity contribution in [2.45, 2.75) is 63.5 Å². The van der Waals surface area contributed by atoms with Gasteiger partial charge in [0.1, 0.15) is 5.75 Å². The van der Waals surface area contributed by atoms with Gasteiger partial charge in [0, 0.05) is 12.1 Å². The molecule has 19 heavy (non-hydrogen) atoms. The smallest absolute Gasteiger partial charge is 0.115 e. The minimum atomic E-state index is 0.416. The molecule has 0 saturated heterocycles. The number of nitrogens with zero attached hydrogens (tertiary/aromatic N) is 1. The van der Waals surface area contributed by atoms with Crippen molar-refractivity contribution in [2.75, 3.05) is 7.05 Å². The largest absolute Gasteiger partial charge is 0.508 e. The van der Waals surface area contributed by atoms with Crippen LogP contribution in [0.4, 0.5) is 0 Å². The van der Waals surface area contributed by atoms with Crippen molar-refractivity contribution >= 4 is 0 Å². The number of aromatic hydroxyl groups is 1. The van der Waals surface area contributed by atoms with Crippen LogP contribution in [0.5, 0.6) is 5.75 Å². The molecule has 0 aromatic heterocycles. The Balaban J connectivity index is 1.82. The van der Waals surface area contributed by atoms with Crippen molar-refractivity contribution in [1.82, 2.24) is 4.90 Å². The van der Waals surface area contributed by atoms with Crippen LogP contribution >= 0.6 is 0 Å². The van der Waals surface area contributed by atoms with Gasteiger partial charge in [-0.3, -0.25) is 4.90 Å². The van der Waals surface area contributed by atoms with Gasteiger partial charge in [-0.05, 0) is 62.4 Å². The first-order valence-corrected chi connectivity index (χ1v) is 7.79. The number of hydrogen-bond acceptors (Lipinski definition) is 2. The third-order valence-corrected chi connectivity index (χ3v) is 5.05. The van der Waals surface area contributed by atoms with Crippen LogP contribution in [0.25, 0.3) is 0 Å². The maximum absolute atomic E-state index is 9.65. The predicted octanol–water partition coefficient (Wildman–Crippen LogP) is 4.03. The first kappa shape index (κ1) is 13.0. The van der Waals surface area contributed by atoms with Crippen molar-refractivity contribution < 1.29 is 5.11 Å². The summed E-state index contributed by atoms with van der Waals surface area (Å²) >= 11 is 0. The van der Waals surface area contributed by atoms with Gasteiger partial charge in [-0.15, -0.1) is 0 Å². The molecule has 0 spiro atoms. The van der Waals surface area contributed by atoms with E-state index in [0.29, 0.717) is 11.8 Å². The van der Waals surface area contributed by atoms with Gasteiger partial charge in [-0.25, -0.2) is 0 Å². The van der Waals surface area contributed by atoms with E-state index in [9.17, 15) is 5.11 Å². The fraction of sp³-hybridized carbons (Fsp3) is 0.647. The third kappa shape index (κ3) is 2.64. The minimum absolute atomic E-state index is 0.416. The average Bonchev–Trinajstić information content (AvgIpc) is 2.46.